The average molecular weight is 527 g/mol. The predicted octanol–water partition coefficient (Wildman–Crippen LogP) is 5.27. The lowest BCUT2D eigenvalue weighted by atomic mass is 10.00. The van der Waals surface area contributed by atoms with Crippen molar-refractivity contribution in [3.05, 3.63) is 132 Å². The van der Waals surface area contributed by atoms with Crippen molar-refractivity contribution in [2.24, 2.45) is 0 Å². The van der Waals surface area contributed by atoms with Gasteiger partial charge in [0.2, 0.25) is 0 Å². The molecule has 194 valence electrons. The molecule has 0 spiro atoms. The summed E-state index contributed by atoms with van der Waals surface area (Å²) in [6.07, 6.45) is 11.4. The molecule has 3 aromatic rings. The first-order valence-corrected chi connectivity index (χ1v) is 14.4. The SMILES string of the molecule is CS(=O)(=O)CCNCc1cccc(N2C=CC3=CNC=C(Nc4ccc(Oc5ccccc5)cc4)C3=C2)c1. The summed E-state index contributed by atoms with van der Waals surface area (Å²) in [6, 6.07) is 25.8. The Hall–Kier alpha value is -4.27. The van der Waals surface area contributed by atoms with E-state index in [4.69, 9.17) is 4.74 Å². The lowest BCUT2D eigenvalue weighted by Crippen LogP contribution is -2.22. The van der Waals surface area contributed by atoms with Crippen LogP contribution in [0.2, 0.25) is 0 Å². The molecular weight excluding hydrogens is 496 g/mol. The third-order valence-corrected chi connectivity index (χ3v) is 7.00. The van der Waals surface area contributed by atoms with Crippen LogP contribution < -0.4 is 25.6 Å². The van der Waals surface area contributed by atoms with E-state index in [1.54, 1.807) is 0 Å². The van der Waals surface area contributed by atoms with Crippen LogP contribution in [0, 0.1) is 0 Å². The molecule has 0 aliphatic carbocycles. The van der Waals surface area contributed by atoms with Crippen LogP contribution in [0.4, 0.5) is 11.4 Å². The van der Waals surface area contributed by atoms with E-state index in [1.165, 1.54) is 6.26 Å². The maximum atomic E-state index is 11.4. The third kappa shape index (κ3) is 6.73. The number of ether oxygens (including phenoxy) is 1. The molecule has 0 unspecified atom stereocenters. The number of hydrogen-bond acceptors (Lipinski definition) is 7. The maximum Gasteiger partial charge on any atom is 0.148 e. The Kier molecular flexibility index (Phi) is 7.62. The molecule has 0 saturated heterocycles. The molecule has 7 nitrogen and oxygen atoms in total. The van der Waals surface area contributed by atoms with Crippen LogP contribution in [-0.4, -0.2) is 27.0 Å². The molecule has 5 rings (SSSR count). The van der Waals surface area contributed by atoms with Crippen molar-refractivity contribution in [3.63, 3.8) is 0 Å². The molecule has 0 amide bonds. The quantitative estimate of drug-likeness (QED) is 0.311. The topological polar surface area (TPSA) is 82.7 Å². The number of benzene rings is 3. The van der Waals surface area contributed by atoms with Gasteiger partial charge in [-0.15, -0.1) is 0 Å². The Morgan fingerprint density at radius 3 is 2.50 bits per heavy atom. The van der Waals surface area contributed by atoms with Gasteiger partial charge in [-0.05, 0) is 60.2 Å². The second kappa shape index (κ2) is 11.4. The minimum Gasteiger partial charge on any atom is -0.457 e. The van der Waals surface area contributed by atoms with Gasteiger partial charge in [-0.1, -0.05) is 30.3 Å². The van der Waals surface area contributed by atoms with Gasteiger partial charge in [0, 0.05) is 66.7 Å². The van der Waals surface area contributed by atoms with Crippen molar-refractivity contribution in [1.29, 1.82) is 0 Å². The molecule has 0 atom stereocenters. The van der Waals surface area contributed by atoms with Gasteiger partial charge in [-0.3, -0.25) is 0 Å². The molecule has 0 saturated carbocycles. The van der Waals surface area contributed by atoms with E-state index in [0.29, 0.717) is 13.1 Å². The van der Waals surface area contributed by atoms with Crippen molar-refractivity contribution < 1.29 is 13.2 Å². The van der Waals surface area contributed by atoms with Gasteiger partial charge in [0.15, 0.2) is 0 Å². The zero-order valence-corrected chi connectivity index (χ0v) is 21.9. The number of anilines is 2. The van der Waals surface area contributed by atoms with Crippen LogP contribution in [-0.2, 0) is 16.4 Å². The summed E-state index contributed by atoms with van der Waals surface area (Å²) in [6.45, 7) is 1.03. The Labute approximate surface area is 223 Å². The summed E-state index contributed by atoms with van der Waals surface area (Å²) in [7, 11) is -2.97. The zero-order valence-electron chi connectivity index (χ0n) is 21.1. The van der Waals surface area contributed by atoms with Crippen LogP contribution in [0.3, 0.4) is 0 Å². The first-order valence-electron chi connectivity index (χ1n) is 12.4. The molecular formula is C30H30N4O3S. The minimum absolute atomic E-state index is 0.127. The highest BCUT2D eigenvalue weighted by molar-refractivity contribution is 7.90. The summed E-state index contributed by atoms with van der Waals surface area (Å²) in [4.78, 5) is 2.09. The zero-order chi connectivity index (χ0) is 26.4. The number of allylic oxidation sites excluding steroid dienone is 2. The van der Waals surface area contributed by atoms with Gasteiger partial charge in [0.25, 0.3) is 0 Å². The highest BCUT2D eigenvalue weighted by atomic mass is 32.2. The summed E-state index contributed by atoms with van der Waals surface area (Å²) in [5, 5.41) is 9.95. The molecule has 0 aromatic heterocycles. The number of fused-ring (bicyclic) bond motifs is 1. The summed E-state index contributed by atoms with van der Waals surface area (Å²) < 4.78 is 28.6. The number of hydrogen-bond donors (Lipinski definition) is 3. The van der Waals surface area contributed by atoms with E-state index in [-0.39, 0.29) is 5.75 Å². The molecule has 0 radical (unpaired) electrons. The second-order valence-electron chi connectivity index (χ2n) is 9.13. The van der Waals surface area contributed by atoms with E-state index < -0.39 is 9.84 Å². The summed E-state index contributed by atoms with van der Waals surface area (Å²) in [5.41, 5.74) is 6.15. The molecule has 8 heteroatoms. The van der Waals surface area contributed by atoms with Gasteiger partial charge < -0.3 is 25.6 Å². The maximum absolute atomic E-state index is 11.4. The van der Waals surface area contributed by atoms with E-state index >= 15 is 0 Å². The van der Waals surface area contributed by atoms with Gasteiger partial charge in [-0.2, -0.15) is 0 Å². The Morgan fingerprint density at radius 1 is 0.921 bits per heavy atom. The molecule has 2 aliphatic rings. The summed E-state index contributed by atoms with van der Waals surface area (Å²) >= 11 is 0. The fourth-order valence-electron chi connectivity index (χ4n) is 4.12. The van der Waals surface area contributed by atoms with Crippen molar-refractivity contribution in [2.75, 3.05) is 28.8 Å². The van der Waals surface area contributed by atoms with E-state index in [0.717, 1.165) is 45.3 Å². The first-order chi connectivity index (χ1) is 18.4. The minimum atomic E-state index is -2.97. The van der Waals surface area contributed by atoms with Gasteiger partial charge in [0.1, 0.15) is 21.3 Å². The van der Waals surface area contributed by atoms with E-state index in [2.05, 4.69) is 45.3 Å². The molecule has 3 N–H and O–H groups in total. The van der Waals surface area contributed by atoms with Gasteiger partial charge >= 0.3 is 0 Å². The lowest BCUT2D eigenvalue weighted by molar-refractivity contribution is 0.483. The fraction of sp³-hybridized carbons (Fsp3) is 0.133. The van der Waals surface area contributed by atoms with Crippen LogP contribution in [0.15, 0.2) is 127 Å². The number of rotatable bonds is 10. The Bertz CT molecular complexity index is 1510. The standard InChI is InChI=1S/C30H30N4O3S/c1-38(35,36)17-15-31-19-23-6-5-7-26(18-23)34-16-14-24-20-32-21-30(29(24)22-34)33-25-10-12-28(13-11-25)37-27-8-3-2-4-9-27/h2-14,16,18,20-22,31-33H,15,17,19H2,1H3. The van der Waals surface area contributed by atoms with E-state index in [1.807, 2.05) is 85.3 Å². The molecule has 2 aliphatic heterocycles. The fourth-order valence-corrected chi connectivity index (χ4v) is 4.63. The van der Waals surface area contributed by atoms with E-state index in [9.17, 15) is 8.42 Å². The molecule has 0 fully saturated rings. The lowest BCUT2D eigenvalue weighted by Gasteiger charge is -2.27. The Morgan fingerprint density at radius 2 is 1.71 bits per heavy atom. The van der Waals surface area contributed by atoms with Gasteiger partial charge in [-0.25, -0.2) is 8.42 Å². The number of sulfone groups is 1. The largest absolute Gasteiger partial charge is 0.457 e. The number of nitrogens with zero attached hydrogens (tertiary/aromatic N) is 1. The van der Waals surface area contributed by atoms with Crippen molar-refractivity contribution in [3.8, 4) is 11.5 Å². The first kappa shape index (κ1) is 25.4. The van der Waals surface area contributed by atoms with Gasteiger partial charge in [0.05, 0.1) is 11.4 Å². The third-order valence-electron chi connectivity index (χ3n) is 6.05. The van der Waals surface area contributed by atoms with Crippen molar-refractivity contribution >= 4 is 21.2 Å². The molecule has 3 aromatic carbocycles. The van der Waals surface area contributed by atoms with Crippen LogP contribution in [0.25, 0.3) is 0 Å². The molecule has 38 heavy (non-hydrogen) atoms. The van der Waals surface area contributed by atoms with Crippen LogP contribution in [0.5, 0.6) is 11.5 Å². The average Bonchev–Trinajstić information content (AvgIpc) is 2.92. The normalized spacial score (nSPS) is 14.6. The monoisotopic (exact) mass is 526 g/mol. The highest BCUT2D eigenvalue weighted by Gasteiger charge is 2.18. The summed E-state index contributed by atoms with van der Waals surface area (Å²) in [5.74, 6) is 1.70. The highest BCUT2D eigenvalue weighted by Crippen LogP contribution is 2.31. The van der Waals surface area contributed by atoms with Crippen LogP contribution in [0.1, 0.15) is 5.56 Å². The number of dihydropyridines is 1. The molecule has 2 heterocycles. The number of para-hydroxylation sites is 1. The van der Waals surface area contributed by atoms with Crippen molar-refractivity contribution in [2.45, 2.75) is 6.54 Å². The van der Waals surface area contributed by atoms with Crippen molar-refractivity contribution in [1.82, 2.24) is 10.6 Å². The molecule has 0 bridgehead atoms. The second-order valence-corrected chi connectivity index (χ2v) is 11.4. The smallest absolute Gasteiger partial charge is 0.148 e. The Balaban J connectivity index is 1.26. The predicted molar refractivity (Wildman–Crippen MR) is 153 cm³/mol. The number of nitrogens with one attached hydrogen (secondary N) is 3. The van der Waals surface area contributed by atoms with Crippen LogP contribution >= 0.6 is 0 Å².